The van der Waals surface area contributed by atoms with Gasteiger partial charge in [0.2, 0.25) is 0 Å². The van der Waals surface area contributed by atoms with Gasteiger partial charge in [-0.25, -0.2) is 0 Å². The van der Waals surface area contributed by atoms with E-state index in [1.165, 1.54) is 64.2 Å². The largest absolute Gasteiger partial charge is 0.394 e. The van der Waals surface area contributed by atoms with Crippen LogP contribution in [0.25, 0.3) is 0 Å². The number of hydrogen-bond donors (Lipinski definition) is 7. The molecule has 0 aromatic rings. The van der Waals surface area contributed by atoms with Crippen LogP contribution in [0, 0.1) is 0 Å². The number of rotatable bonds is 22. The van der Waals surface area contributed by atoms with Crippen LogP contribution in [0.5, 0.6) is 0 Å². The van der Waals surface area contributed by atoms with Crippen molar-refractivity contribution in [2.24, 2.45) is 5.73 Å². The molecule has 9 atom stereocenters. The Balaban J connectivity index is 1.94. The Labute approximate surface area is 224 Å². The number of ether oxygens (including phenoxy) is 2. The summed E-state index contributed by atoms with van der Waals surface area (Å²) < 4.78 is 10.9. The molecule has 9 heteroatoms. The Hall–Kier alpha value is -0.360. The normalized spacial score (nSPS) is 27.6. The molecule has 1 heterocycles. The van der Waals surface area contributed by atoms with Gasteiger partial charge in [-0.3, -0.25) is 0 Å². The zero-order valence-electron chi connectivity index (χ0n) is 23.3. The summed E-state index contributed by atoms with van der Waals surface area (Å²) >= 11 is 0. The van der Waals surface area contributed by atoms with Crippen LogP contribution in [0.15, 0.2) is 0 Å². The van der Waals surface area contributed by atoms with Gasteiger partial charge in [0.05, 0.1) is 24.9 Å². The first-order valence-corrected chi connectivity index (χ1v) is 14.8. The van der Waals surface area contributed by atoms with Crippen LogP contribution in [-0.2, 0) is 9.47 Å². The third kappa shape index (κ3) is 14.6. The Kier molecular flexibility index (Phi) is 19.2. The average molecular weight is 536 g/mol. The zero-order chi connectivity index (χ0) is 27.6. The minimum atomic E-state index is -1.48. The first-order chi connectivity index (χ1) is 17.7. The van der Waals surface area contributed by atoms with Gasteiger partial charge in [0, 0.05) is 6.04 Å². The second kappa shape index (κ2) is 20.5. The fourth-order valence-corrected chi connectivity index (χ4v) is 4.81. The van der Waals surface area contributed by atoms with Gasteiger partial charge in [0.25, 0.3) is 0 Å². The fourth-order valence-electron chi connectivity index (χ4n) is 4.81. The van der Waals surface area contributed by atoms with Gasteiger partial charge in [-0.1, -0.05) is 89.9 Å². The maximum atomic E-state index is 10.4. The molecule has 8 N–H and O–H groups in total. The molecule has 1 rings (SSSR count). The summed E-state index contributed by atoms with van der Waals surface area (Å²) in [6.07, 6.45) is 9.91. The summed E-state index contributed by atoms with van der Waals surface area (Å²) in [5.41, 5.74) is 5.67. The molecule has 1 aliphatic heterocycles. The highest BCUT2D eigenvalue weighted by molar-refractivity contribution is 4.89. The van der Waals surface area contributed by atoms with Crippen molar-refractivity contribution in [2.45, 2.75) is 172 Å². The molecule has 0 spiro atoms. The Bertz CT molecular complexity index is 538. The number of hydrogen-bond acceptors (Lipinski definition) is 9. The molecule has 0 unspecified atom stereocenters. The number of aliphatic hydroxyl groups excluding tert-OH is 6. The van der Waals surface area contributed by atoms with E-state index in [1.54, 1.807) is 6.92 Å². The predicted molar refractivity (Wildman–Crippen MR) is 144 cm³/mol. The predicted octanol–water partition coefficient (Wildman–Crippen LogP) is 2.50. The highest BCUT2D eigenvalue weighted by atomic mass is 16.7. The Morgan fingerprint density at radius 1 is 0.649 bits per heavy atom. The molecular weight excluding hydrogens is 478 g/mol. The first kappa shape index (κ1) is 34.7. The summed E-state index contributed by atoms with van der Waals surface area (Å²) in [5.74, 6) is 0. The molecular formula is C28H57NO8. The van der Waals surface area contributed by atoms with Crippen molar-refractivity contribution in [1.29, 1.82) is 0 Å². The summed E-state index contributed by atoms with van der Waals surface area (Å²) in [6, 6.07) is -0.127. The summed E-state index contributed by atoms with van der Waals surface area (Å²) in [4.78, 5) is 0. The molecule has 0 aliphatic carbocycles. The third-order valence-corrected chi connectivity index (χ3v) is 7.60. The quantitative estimate of drug-likeness (QED) is 0.103. The fraction of sp³-hybridized carbons (Fsp3) is 1.00. The smallest absolute Gasteiger partial charge is 0.187 e. The number of nitrogens with two attached hydrogens (primary N) is 1. The van der Waals surface area contributed by atoms with E-state index >= 15 is 0 Å². The molecule has 37 heavy (non-hydrogen) atoms. The second-order valence-electron chi connectivity index (χ2n) is 11.1. The first-order valence-electron chi connectivity index (χ1n) is 14.8. The summed E-state index contributed by atoms with van der Waals surface area (Å²) in [7, 11) is 0. The molecule has 0 saturated carbocycles. The lowest BCUT2D eigenvalue weighted by Gasteiger charge is -2.41. The molecule has 0 aromatic carbocycles. The van der Waals surface area contributed by atoms with Crippen LogP contribution >= 0.6 is 0 Å². The van der Waals surface area contributed by atoms with Crippen molar-refractivity contribution >= 4 is 0 Å². The van der Waals surface area contributed by atoms with E-state index in [2.05, 4.69) is 0 Å². The SMILES string of the molecule is C[C@@H](N)[C@@H](O)CCCCCCCCCCCCCCCC[C@H](O)[C@@H](C)O[C@H]1O[C@@H](CO)[C@@H](O)[C@@H](O)[C@H]1O. The van der Waals surface area contributed by atoms with Gasteiger partial charge in [-0.2, -0.15) is 0 Å². The monoisotopic (exact) mass is 535 g/mol. The van der Waals surface area contributed by atoms with E-state index in [4.69, 9.17) is 15.2 Å². The lowest BCUT2D eigenvalue weighted by molar-refractivity contribution is -0.315. The van der Waals surface area contributed by atoms with Crippen LogP contribution in [-0.4, -0.2) is 92.3 Å². The molecule has 0 radical (unpaired) electrons. The summed E-state index contributed by atoms with van der Waals surface area (Å²) in [5, 5.41) is 59.1. The lowest BCUT2D eigenvalue weighted by atomic mass is 9.99. The van der Waals surface area contributed by atoms with Crippen molar-refractivity contribution in [1.82, 2.24) is 0 Å². The molecule has 222 valence electrons. The highest BCUT2D eigenvalue weighted by Crippen LogP contribution is 2.24. The van der Waals surface area contributed by atoms with E-state index in [0.717, 1.165) is 32.1 Å². The Morgan fingerprint density at radius 2 is 1.05 bits per heavy atom. The summed E-state index contributed by atoms with van der Waals surface area (Å²) in [6.45, 7) is 3.03. The Morgan fingerprint density at radius 3 is 1.46 bits per heavy atom. The van der Waals surface area contributed by atoms with Gasteiger partial charge in [-0.05, 0) is 26.7 Å². The van der Waals surface area contributed by atoms with Crippen molar-refractivity contribution in [3.8, 4) is 0 Å². The molecule has 0 amide bonds. The minimum Gasteiger partial charge on any atom is -0.394 e. The van der Waals surface area contributed by atoms with Crippen molar-refractivity contribution < 1.29 is 40.1 Å². The molecule has 0 bridgehead atoms. The molecule has 1 saturated heterocycles. The zero-order valence-corrected chi connectivity index (χ0v) is 23.3. The van der Waals surface area contributed by atoms with Crippen LogP contribution in [0.2, 0.25) is 0 Å². The van der Waals surface area contributed by atoms with E-state index in [0.29, 0.717) is 6.42 Å². The van der Waals surface area contributed by atoms with Gasteiger partial charge in [-0.15, -0.1) is 0 Å². The second-order valence-corrected chi connectivity index (χ2v) is 11.1. The maximum Gasteiger partial charge on any atom is 0.187 e. The number of unbranched alkanes of at least 4 members (excludes halogenated alkanes) is 13. The standard InChI is InChI=1S/C28H57NO8/c1-20(29)22(31)17-15-13-11-9-7-5-3-4-6-8-10-12-14-16-18-23(32)21(2)36-28-27(35)26(34)25(33)24(19-30)37-28/h20-28,30-35H,3-19,29H2,1-2H3/t20-,21-,22+,23+,24+,25-,26-,27-,28+/m1/s1. The van der Waals surface area contributed by atoms with Gasteiger partial charge < -0.3 is 45.8 Å². The molecule has 1 aliphatic rings. The topological polar surface area (TPSA) is 166 Å². The molecule has 9 nitrogen and oxygen atoms in total. The van der Waals surface area contributed by atoms with E-state index in [1.807, 2.05) is 6.92 Å². The third-order valence-electron chi connectivity index (χ3n) is 7.60. The maximum absolute atomic E-state index is 10.4. The average Bonchev–Trinajstić information content (AvgIpc) is 2.88. The molecule has 1 fully saturated rings. The number of aliphatic hydroxyl groups is 6. The van der Waals surface area contributed by atoms with Gasteiger partial charge in [0.1, 0.15) is 24.4 Å². The molecule has 0 aromatic heterocycles. The van der Waals surface area contributed by atoms with E-state index in [9.17, 15) is 30.6 Å². The van der Waals surface area contributed by atoms with Crippen molar-refractivity contribution in [3.05, 3.63) is 0 Å². The van der Waals surface area contributed by atoms with Crippen molar-refractivity contribution in [3.63, 3.8) is 0 Å². The van der Waals surface area contributed by atoms with Gasteiger partial charge in [0.15, 0.2) is 6.29 Å². The van der Waals surface area contributed by atoms with Crippen LogP contribution in [0.4, 0.5) is 0 Å². The lowest BCUT2D eigenvalue weighted by Crippen LogP contribution is -2.60. The van der Waals surface area contributed by atoms with Crippen LogP contribution < -0.4 is 5.73 Å². The van der Waals surface area contributed by atoms with E-state index in [-0.39, 0.29) is 12.1 Å². The minimum absolute atomic E-state index is 0.127. The van der Waals surface area contributed by atoms with Crippen LogP contribution in [0.3, 0.4) is 0 Å². The van der Waals surface area contributed by atoms with Gasteiger partial charge >= 0.3 is 0 Å². The van der Waals surface area contributed by atoms with Crippen molar-refractivity contribution in [2.75, 3.05) is 6.61 Å². The highest BCUT2D eigenvalue weighted by Gasteiger charge is 2.44. The van der Waals surface area contributed by atoms with E-state index < -0.39 is 49.5 Å². The van der Waals surface area contributed by atoms with Crippen LogP contribution in [0.1, 0.15) is 117 Å².